The van der Waals surface area contributed by atoms with E-state index in [1.807, 2.05) is 12.1 Å². The van der Waals surface area contributed by atoms with E-state index in [-0.39, 0.29) is 0 Å². The molecule has 0 saturated heterocycles. The lowest BCUT2D eigenvalue weighted by molar-refractivity contribution is 0.0997. The Bertz CT molecular complexity index is 861. The first-order valence-corrected chi connectivity index (χ1v) is 9.76. The molecule has 4 rings (SSSR count). The largest absolute Gasteiger partial charge is 0.366 e. The summed E-state index contributed by atoms with van der Waals surface area (Å²) in [6.07, 6.45) is 6.61. The number of carbonyl (C=O) groups is 1. The van der Waals surface area contributed by atoms with Gasteiger partial charge in [0.15, 0.2) is 0 Å². The maximum Gasteiger partial charge on any atom is 0.249 e. The Morgan fingerprint density at radius 2 is 1.73 bits per heavy atom. The third-order valence-electron chi connectivity index (χ3n) is 4.96. The number of nitrogens with one attached hydrogen (secondary N) is 2. The van der Waals surface area contributed by atoms with Crippen molar-refractivity contribution in [1.29, 1.82) is 0 Å². The minimum Gasteiger partial charge on any atom is -0.366 e. The Hall–Kier alpha value is -2.47. The van der Waals surface area contributed by atoms with Crippen molar-refractivity contribution < 1.29 is 4.79 Å². The molecule has 0 unspecified atom stereocenters. The van der Waals surface area contributed by atoms with Crippen molar-refractivity contribution in [2.24, 2.45) is 5.73 Å². The Morgan fingerprint density at radius 3 is 2.38 bits per heavy atom. The van der Waals surface area contributed by atoms with Gasteiger partial charge in [0.25, 0.3) is 0 Å². The first-order valence-electron chi connectivity index (χ1n) is 8.94. The zero-order valence-electron chi connectivity index (χ0n) is 14.6. The zero-order chi connectivity index (χ0) is 18.1. The summed E-state index contributed by atoms with van der Waals surface area (Å²) in [5.74, 6) is 0.266. The number of primary amides is 1. The van der Waals surface area contributed by atoms with Gasteiger partial charge in [0, 0.05) is 22.0 Å². The van der Waals surface area contributed by atoms with Gasteiger partial charge in [-0.2, -0.15) is 0 Å². The maximum absolute atomic E-state index is 11.5. The highest BCUT2D eigenvalue weighted by Gasteiger charge is 2.25. The van der Waals surface area contributed by atoms with Crippen LogP contribution in [0.2, 0.25) is 0 Å². The predicted molar refractivity (Wildman–Crippen MR) is 105 cm³/mol. The van der Waals surface area contributed by atoms with Crippen molar-refractivity contribution in [3.63, 3.8) is 0 Å². The number of carbonyl (C=O) groups excluding carboxylic acids is 1. The quantitative estimate of drug-likeness (QED) is 0.683. The molecule has 1 aromatic carbocycles. The molecule has 26 heavy (non-hydrogen) atoms. The van der Waals surface area contributed by atoms with Gasteiger partial charge in [-0.3, -0.25) is 9.78 Å². The monoisotopic (exact) mass is 366 g/mol. The van der Waals surface area contributed by atoms with Gasteiger partial charge in [0.05, 0.1) is 5.56 Å². The number of pyridine rings is 1. The number of anilines is 1. The zero-order valence-corrected chi connectivity index (χ0v) is 15.4. The number of amides is 1. The number of benzene rings is 1. The third kappa shape index (κ3) is 3.17. The second kappa shape index (κ2) is 7.03. The third-order valence-corrected chi connectivity index (χ3v) is 5.89. The van der Waals surface area contributed by atoms with Gasteiger partial charge in [-0.05, 0) is 73.7 Å². The lowest BCUT2D eigenvalue weighted by Gasteiger charge is -2.18. The van der Waals surface area contributed by atoms with Gasteiger partial charge in [0.1, 0.15) is 5.82 Å². The fourth-order valence-corrected chi connectivity index (χ4v) is 4.50. The van der Waals surface area contributed by atoms with E-state index in [9.17, 15) is 4.79 Å². The Balaban J connectivity index is 1.51. The van der Waals surface area contributed by atoms with E-state index in [2.05, 4.69) is 16.6 Å². The molecule has 0 spiro atoms. The lowest BCUT2D eigenvalue weighted by Crippen LogP contribution is -2.16. The Morgan fingerprint density at radius 1 is 1.08 bits per heavy atom. The van der Waals surface area contributed by atoms with Crippen LogP contribution >= 0.6 is 11.9 Å². The van der Waals surface area contributed by atoms with Crippen LogP contribution in [0.3, 0.4) is 0 Å². The molecule has 0 fully saturated rings. The number of aromatic nitrogens is 1. The highest BCUT2D eigenvalue weighted by atomic mass is 32.2. The molecule has 0 atom stereocenters. The topological polar surface area (TPSA) is 80.0 Å². The lowest BCUT2D eigenvalue weighted by atomic mass is 10.1. The van der Waals surface area contributed by atoms with E-state index in [4.69, 9.17) is 10.7 Å². The normalized spacial score (nSPS) is 14.6. The van der Waals surface area contributed by atoms with Crippen molar-refractivity contribution >= 4 is 23.5 Å². The first-order chi connectivity index (χ1) is 12.6. The molecule has 4 N–H and O–H groups in total. The van der Waals surface area contributed by atoms with Gasteiger partial charge in [-0.25, -0.2) is 0 Å². The number of hydrogen-bond donors (Lipinski definition) is 3. The van der Waals surface area contributed by atoms with Crippen LogP contribution in [0.15, 0.2) is 41.6 Å². The van der Waals surface area contributed by atoms with Crippen LogP contribution in [0.5, 0.6) is 0 Å². The number of nitrogens with two attached hydrogens (primary N) is 1. The number of rotatable bonds is 6. The summed E-state index contributed by atoms with van der Waals surface area (Å²) in [5, 5.41) is 3.48. The molecule has 1 aromatic heterocycles. The summed E-state index contributed by atoms with van der Waals surface area (Å²) in [6, 6.07) is 7.29. The summed E-state index contributed by atoms with van der Waals surface area (Å²) >= 11 is 1.34. The Labute approximate surface area is 157 Å². The molecule has 134 valence electrons. The predicted octanol–water partition coefficient (Wildman–Crippen LogP) is 3.34. The molecule has 0 radical (unpaired) electrons. The number of fused-ring (bicyclic) bond motifs is 2. The van der Waals surface area contributed by atoms with Crippen LogP contribution in [-0.2, 0) is 25.7 Å². The SMILES string of the molecule is C=C(NSc1ccccc1C(N)=O)Nc1c2c(nc3c1CCC3)CCC2. The first kappa shape index (κ1) is 17.0. The van der Waals surface area contributed by atoms with Gasteiger partial charge in [-0.15, -0.1) is 0 Å². The summed E-state index contributed by atoms with van der Waals surface area (Å²) in [6.45, 7) is 4.11. The molecule has 2 aromatic rings. The molecule has 6 heteroatoms. The molecule has 0 aliphatic heterocycles. The second-order valence-electron chi connectivity index (χ2n) is 6.71. The van der Waals surface area contributed by atoms with Crippen molar-refractivity contribution in [2.45, 2.75) is 43.4 Å². The smallest absolute Gasteiger partial charge is 0.249 e. The van der Waals surface area contributed by atoms with Gasteiger partial charge in [-0.1, -0.05) is 18.7 Å². The number of hydrogen-bond acceptors (Lipinski definition) is 5. The number of aryl methyl sites for hydroxylation is 2. The summed E-state index contributed by atoms with van der Waals surface area (Å²) in [5.41, 5.74) is 12.3. The molecule has 0 bridgehead atoms. The molecule has 1 amide bonds. The minimum atomic E-state index is -0.432. The molecule has 2 aliphatic carbocycles. The summed E-state index contributed by atoms with van der Waals surface area (Å²) in [4.78, 5) is 17.2. The average molecular weight is 366 g/mol. The molecular formula is C20H22N4OS. The Kier molecular flexibility index (Phi) is 4.59. The van der Waals surface area contributed by atoms with Crippen LogP contribution in [0, 0.1) is 0 Å². The van der Waals surface area contributed by atoms with E-state index < -0.39 is 5.91 Å². The summed E-state index contributed by atoms with van der Waals surface area (Å²) < 4.78 is 3.21. The molecule has 5 nitrogen and oxygen atoms in total. The van der Waals surface area contributed by atoms with E-state index in [0.717, 1.165) is 30.6 Å². The van der Waals surface area contributed by atoms with E-state index in [1.54, 1.807) is 12.1 Å². The van der Waals surface area contributed by atoms with Crippen LogP contribution < -0.4 is 15.8 Å². The average Bonchev–Trinajstić information content (AvgIpc) is 3.29. The molecule has 0 saturated carbocycles. The van der Waals surface area contributed by atoms with Crippen LogP contribution in [0.4, 0.5) is 5.69 Å². The van der Waals surface area contributed by atoms with Crippen molar-refractivity contribution in [2.75, 3.05) is 5.32 Å². The molecule has 1 heterocycles. The summed E-state index contributed by atoms with van der Waals surface area (Å²) in [7, 11) is 0. The standard InChI is InChI=1S/C20H22N4OS/c1-12(24-26-18-11-3-2-6-15(18)20(21)25)22-19-13-7-4-9-16(13)23-17-10-5-8-14(17)19/h2-3,6,11,24H,1,4-5,7-10H2,(H2,21,25)(H,22,23). The minimum absolute atomic E-state index is 0.432. The highest BCUT2D eigenvalue weighted by Crippen LogP contribution is 2.37. The van der Waals surface area contributed by atoms with Gasteiger partial charge < -0.3 is 15.8 Å². The van der Waals surface area contributed by atoms with E-state index >= 15 is 0 Å². The molecule has 2 aliphatic rings. The maximum atomic E-state index is 11.5. The van der Waals surface area contributed by atoms with Gasteiger partial charge >= 0.3 is 0 Å². The second-order valence-corrected chi connectivity index (χ2v) is 7.56. The van der Waals surface area contributed by atoms with E-state index in [0.29, 0.717) is 11.4 Å². The van der Waals surface area contributed by atoms with Crippen molar-refractivity contribution in [1.82, 2.24) is 9.71 Å². The van der Waals surface area contributed by atoms with Gasteiger partial charge in [0.2, 0.25) is 5.91 Å². The fraction of sp³-hybridized carbons (Fsp3) is 0.300. The molecular weight excluding hydrogens is 344 g/mol. The van der Waals surface area contributed by atoms with Crippen LogP contribution in [0.25, 0.3) is 0 Å². The van der Waals surface area contributed by atoms with Crippen LogP contribution in [-0.4, -0.2) is 10.9 Å². The highest BCUT2D eigenvalue weighted by molar-refractivity contribution is 7.97. The van der Waals surface area contributed by atoms with E-state index in [1.165, 1.54) is 53.0 Å². The van der Waals surface area contributed by atoms with Crippen molar-refractivity contribution in [3.05, 3.63) is 64.7 Å². The number of nitrogens with zero attached hydrogens (tertiary/aromatic N) is 1. The van der Waals surface area contributed by atoms with Crippen LogP contribution in [0.1, 0.15) is 45.7 Å². The fourth-order valence-electron chi connectivity index (χ4n) is 3.79. The van der Waals surface area contributed by atoms with Crippen molar-refractivity contribution in [3.8, 4) is 0 Å².